The number of guanidine groups is 1. The lowest BCUT2D eigenvalue weighted by atomic mass is 9.85. The number of nitrogens with zero attached hydrogens (tertiary/aromatic N) is 2. The molecule has 1 saturated heterocycles. The Balaban J connectivity index is 1.54. The van der Waals surface area contributed by atoms with Crippen LogP contribution in [-0.4, -0.2) is 30.5 Å². The van der Waals surface area contributed by atoms with Gasteiger partial charge in [-0.1, -0.05) is 37.6 Å². The summed E-state index contributed by atoms with van der Waals surface area (Å²) in [5.41, 5.74) is 8.72. The molecule has 1 saturated carbocycles. The first kappa shape index (κ1) is 17.3. The van der Waals surface area contributed by atoms with Crippen molar-refractivity contribution in [3.8, 4) is 0 Å². The Morgan fingerprint density at radius 1 is 1.21 bits per heavy atom. The van der Waals surface area contributed by atoms with E-state index in [0.29, 0.717) is 12.5 Å². The third kappa shape index (κ3) is 4.97. The molecule has 1 heterocycles. The zero-order chi connectivity index (χ0) is 16.8. The number of hydrogen-bond donors (Lipinski definition) is 2. The van der Waals surface area contributed by atoms with Crippen LogP contribution in [0.5, 0.6) is 0 Å². The number of rotatable bonds is 6. The first-order chi connectivity index (χ1) is 11.7. The van der Waals surface area contributed by atoms with Gasteiger partial charge in [-0.15, -0.1) is 0 Å². The summed E-state index contributed by atoms with van der Waals surface area (Å²) >= 11 is 0. The molecular weight excluding hydrogens is 296 g/mol. The number of piperidine rings is 1. The van der Waals surface area contributed by atoms with Gasteiger partial charge in [0.1, 0.15) is 0 Å². The molecule has 2 aliphatic rings. The lowest BCUT2D eigenvalue weighted by Crippen LogP contribution is -2.37. The quantitative estimate of drug-likeness (QED) is 0.623. The number of hydrogen-bond acceptors (Lipinski definition) is 2. The molecule has 2 fully saturated rings. The van der Waals surface area contributed by atoms with E-state index in [2.05, 4.69) is 46.4 Å². The van der Waals surface area contributed by atoms with Gasteiger partial charge in [0.2, 0.25) is 0 Å². The predicted molar refractivity (Wildman–Crippen MR) is 101 cm³/mol. The van der Waals surface area contributed by atoms with Gasteiger partial charge in [0, 0.05) is 19.6 Å². The van der Waals surface area contributed by atoms with E-state index in [4.69, 9.17) is 5.73 Å². The summed E-state index contributed by atoms with van der Waals surface area (Å²) in [6, 6.07) is 8.66. The van der Waals surface area contributed by atoms with E-state index >= 15 is 0 Å². The van der Waals surface area contributed by atoms with E-state index in [1.165, 1.54) is 56.3 Å². The summed E-state index contributed by atoms with van der Waals surface area (Å²) in [5.74, 6) is 2.20. The highest BCUT2D eigenvalue weighted by Gasteiger charge is 2.18. The van der Waals surface area contributed by atoms with Gasteiger partial charge in [-0.2, -0.15) is 0 Å². The Bertz CT molecular complexity index is 550. The summed E-state index contributed by atoms with van der Waals surface area (Å²) < 4.78 is 0. The van der Waals surface area contributed by atoms with Crippen molar-refractivity contribution in [1.82, 2.24) is 10.2 Å². The second kappa shape index (κ2) is 8.52. The maximum Gasteiger partial charge on any atom is 0.188 e. The Labute approximate surface area is 146 Å². The number of likely N-dealkylation sites (tertiary alicyclic amines) is 1. The second-order valence-electron chi connectivity index (χ2n) is 7.63. The molecule has 1 atom stereocenters. The zero-order valence-corrected chi connectivity index (χ0v) is 15.0. The highest BCUT2D eigenvalue weighted by molar-refractivity contribution is 5.77. The van der Waals surface area contributed by atoms with Crippen LogP contribution in [0.3, 0.4) is 0 Å². The Hall–Kier alpha value is -1.55. The highest BCUT2D eigenvalue weighted by atomic mass is 15.1. The molecule has 0 aromatic heterocycles. The van der Waals surface area contributed by atoms with Crippen molar-refractivity contribution >= 4 is 5.96 Å². The Kier molecular flexibility index (Phi) is 6.13. The van der Waals surface area contributed by atoms with Gasteiger partial charge < -0.3 is 11.1 Å². The third-order valence-corrected chi connectivity index (χ3v) is 5.47. The lowest BCUT2D eigenvalue weighted by molar-refractivity contribution is 0.176. The molecule has 1 aliphatic carbocycles. The van der Waals surface area contributed by atoms with Crippen LogP contribution in [-0.2, 0) is 13.1 Å². The van der Waals surface area contributed by atoms with Crippen molar-refractivity contribution in [3.05, 3.63) is 35.4 Å². The summed E-state index contributed by atoms with van der Waals surface area (Å²) in [7, 11) is 0. The fourth-order valence-electron chi connectivity index (χ4n) is 3.71. The van der Waals surface area contributed by atoms with Crippen molar-refractivity contribution in [2.75, 3.05) is 19.6 Å². The summed E-state index contributed by atoms with van der Waals surface area (Å²) in [4.78, 5) is 7.14. The fourth-order valence-corrected chi connectivity index (χ4v) is 3.71. The second-order valence-corrected chi connectivity index (χ2v) is 7.63. The maximum absolute atomic E-state index is 6.03. The van der Waals surface area contributed by atoms with Gasteiger partial charge in [-0.05, 0) is 55.2 Å². The number of nitrogens with one attached hydrogen (secondary N) is 1. The predicted octanol–water partition coefficient (Wildman–Crippen LogP) is 3.12. The minimum absolute atomic E-state index is 0.586. The van der Waals surface area contributed by atoms with Gasteiger partial charge in [0.15, 0.2) is 5.96 Å². The molecule has 4 nitrogen and oxygen atoms in total. The zero-order valence-electron chi connectivity index (χ0n) is 15.0. The lowest BCUT2D eigenvalue weighted by Gasteiger charge is -2.31. The SMILES string of the molecule is CC1CCCN(Cc2ccccc2CN=C(N)NCC2CCC2)C1. The van der Waals surface area contributed by atoms with E-state index in [1.807, 2.05) is 0 Å². The summed E-state index contributed by atoms with van der Waals surface area (Å²) in [6.45, 7) is 7.46. The van der Waals surface area contributed by atoms with Crippen molar-refractivity contribution in [2.24, 2.45) is 22.6 Å². The van der Waals surface area contributed by atoms with Gasteiger partial charge in [0.25, 0.3) is 0 Å². The van der Waals surface area contributed by atoms with E-state index < -0.39 is 0 Å². The summed E-state index contributed by atoms with van der Waals surface area (Å²) in [6.07, 6.45) is 6.71. The van der Waals surface area contributed by atoms with Crippen LogP contribution in [0.4, 0.5) is 0 Å². The first-order valence-corrected chi connectivity index (χ1v) is 9.53. The fraction of sp³-hybridized carbons (Fsp3) is 0.650. The largest absolute Gasteiger partial charge is 0.370 e. The number of benzene rings is 1. The van der Waals surface area contributed by atoms with Crippen LogP contribution in [0.2, 0.25) is 0 Å². The molecule has 0 spiro atoms. The van der Waals surface area contributed by atoms with Crippen molar-refractivity contribution < 1.29 is 0 Å². The first-order valence-electron chi connectivity index (χ1n) is 9.53. The Morgan fingerprint density at radius 3 is 2.71 bits per heavy atom. The van der Waals surface area contributed by atoms with Gasteiger partial charge in [0.05, 0.1) is 6.54 Å². The molecule has 0 bridgehead atoms. The van der Waals surface area contributed by atoms with Crippen molar-refractivity contribution in [2.45, 2.75) is 52.1 Å². The normalized spacial score (nSPS) is 23.0. The van der Waals surface area contributed by atoms with Crippen LogP contribution in [0.15, 0.2) is 29.3 Å². The summed E-state index contributed by atoms with van der Waals surface area (Å²) in [5, 5.41) is 3.28. The van der Waals surface area contributed by atoms with Gasteiger partial charge in [-0.3, -0.25) is 4.90 Å². The van der Waals surface area contributed by atoms with E-state index in [9.17, 15) is 0 Å². The van der Waals surface area contributed by atoms with E-state index in [0.717, 1.165) is 24.9 Å². The molecule has 24 heavy (non-hydrogen) atoms. The minimum atomic E-state index is 0.586. The van der Waals surface area contributed by atoms with E-state index in [-0.39, 0.29) is 0 Å². The maximum atomic E-state index is 6.03. The molecule has 3 rings (SSSR count). The Morgan fingerprint density at radius 2 is 2.00 bits per heavy atom. The molecule has 1 unspecified atom stereocenters. The average molecular weight is 329 g/mol. The molecule has 1 aromatic carbocycles. The molecule has 4 heteroatoms. The monoisotopic (exact) mass is 328 g/mol. The van der Waals surface area contributed by atoms with Crippen molar-refractivity contribution in [3.63, 3.8) is 0 Å². The third-order valence-electron chi connectivity index (χ3n) is 5.47. The molecule has 0 amide bonds. The van der Waals surface area contributed by atoms with Crippen LogP contribution in [0, 0.1) is 11.8 Å². The molecule has 0 radical (unpaired) electrons. The van der Waals surface area contributed by atoms with Crippen LogP contribution >= 0.6 is 0 Å². The van der Waals surface area contributed by atoms with Crippen molar-refractivity contribution in [1.29, 1.82) is 0 Å². The topological polar surface area (TPSA) is 53.6 Å². The highest BCUT2D eigenvalue weighted by Crippen LogP contribution is 2.25. The average Bonchev–Trinajstić information content (AvgIpc) is 2.53. The molecule has 3 N–H and O–H groups in total. The number of aliphatic imine (C=N–C) groups is 1. The molecule has 1 aliphatic heterocycles. The van der Waals surface area contributed by atoms with Crippen LogP contribution < -0.4 is 11.1 Å². The molecular formula is C20H32N4. The number of nitrogens with two attached hydrogens (primary N) is 1. The molecule has 1 aromatic rings. The van der Waals surface area contributed by atoms with Gasteiger partial charge >= 0.3 is 0 Å². The van der Waals surface area contributed by atoms with Gasteiger partial charge in [-0.25, -0.2) is 4.99 Å². The minimum Gasteiger partial charge on any atom is -0.370 e. The van der Waals surface area contributed by atoms with E-state index in [1.54, 1.807) is 0 Å². The standard InChI is InChI=1S/C20H32N4/c1-16-6-5-11-24(14-16)15-19-10-3-2-9-18(19)13-23-20(21)22-12-17-7-4-8-17/h2-3,9-10,16-17H,4-8,11-15H2,1H3,(H3,21,22,23). The molecule has 132 valence electrons. The smallest absolute Gasteiger partial charge is 0.188 e. The van der Waals surface area contributed by atoms with Crippen LogP contribution in [0.1, 0.15) is 50.2 Å². The van der Waals surface area contributed by atoms with Crippen LogP contribution in [0.25, 0.3) is 0 Å².